The molecule has 28 heavy (non-hydrogen) atoms. The zero-order valence-electron chi connectivity index (χ0n) is 16.0. The Hall–Kier alpha value is -2.32. The third kappa shape index (κ3) is 4.23. The Morgan fingerprint density at radius 2 is 2.00 bits per heavy atom. The molecule has 8 nitrogen and oxygen atoms in total. The Kier molecular flexibility index (Phi) is 6.10. The van der Waals surface area contributed by atoms with Crippen LogP contribution in [0.1, 0.15) is 13.3 Å². The molecule has 9 heteroatoms. The minimum atomic E-state index is -1.20. The molecule has 4 amide bonds. The summed E-state index contributed by atoms with van der Waals surface area (Å²) >= 11 is 6.06. The van der Waals surface area contributed by atoms with Crippen LogP contribution < -0.4 is 15.5 Å². The van der Waals surface area contributed by atoms with E-state index in [1.54, 1.807) is 11.8 Å². The van der Waals surface area contributed by atoms with Crippen LogP contribution in [0.25, 0.3) is 0 Å². The summed E-state index contributed by atoms with van der Waals surface area (Å²) in [4.78, 5) is 40.7. The number of urea groups is 1. The molecule has 2 heterocycles. The number of nitrogens with one attached hydrogen (secondary N) is 2. The highest BCUT2D eigenvalue weighted by atomic mass is 35.5. The van der Waals surface area contributed by atoms with Crippen molar-refractivity contribution in [3.05, 3.63) is 29.3 Å². The molecule has 2 saturated heterocycles. The van der Waals surface area contributed by atoms with Crippen LogP contribution in [0.4, 0.5) is 10.5 Å². The number of amides is 4. The Labute approximate surface area is 169 Å². The van der Waals surface area contributed by atoms with Gasteiger partial charge in [-0.05, 0) is 24.6 Å². The predicted molar refractivity (Wildman–Crippen MR) is 105 cm³/mol. The Morgan fingerprint density at radius 3 is 2.57 bits per heavy atom. The Bertz CT molecular complexity index is 766. The molecule has 0 aromatic heterocycles. The van der Waals surface area contributed by atoms with Crippen LogP contribution in [0.2, 0.25) is 5.02 Å². The van der Waals surface area contributed by atoms with Crippen molar-refractivity contribution >= 4 is 35.1 Å². The van der Waals surface area contributed by atoms with Gasteiger partial charge in [0.05, 0.1) is 6.61 Å². The molecule has 0 aliphatic carbocycles. The molecule has 0 radical (unpaired) electrons. The number of halogens is 1. The predicted octanol–water partition coefficient (Wildman–Crippen LogP) is 1.24. The number of ether oxygens (including phenoxy) is 1. The third-order valence-corrected chi connectivity index (χ3v) is 5.48. The number of carbonyl (C=O) groups is 3. The van der Waals surface area contributed by atoms with Crippen LogP contribution in [0.3, 0.4) is 0 Å². The molecule has 0 spiro atoms. The molecule has 1 aromatic rings. The highest BCUT2D eigenvalue weighted by Crippen LogP contribution is 2.25. The van der Waals surface area contributed by atoms with Crippen molar-refractivity contribution < 1.29 is 19.1 Å². The van der Waals surface area contributed by atoms with E-state index in [0.717, 1.165) is 5.69 Å². The van der Waals surface area contributed by atoms with Crippen LogP contribution in [-0.4, -0.2) is 68.2 Å². The zero-order valence-corrected chi connectivity index (χ0v) is 16.8. The number of carbonyl (C=O) groups excluding carboxylic acids is 3. The molecule has 0 saturated carbocycles. The summed E-state index contributed by atoms with van der Waals surface area (Å²) in [6.07, 6.45) is 0.186. The van der Waals surface area contributed by atoms with Crippen molar-refractivity contribution in [1.82, 2.24) is 15.5 Å². The van der Waals surface area contributed by atoms with E-state index in [9.17, 15) is 14.4 Å². The molecule has 0 bridgehead atoms. The summed E-state index contributed by atoms with van der Waals surface area (Å²) in [6.45, 7) is 4.39. The average molecular weight is 409 g/mol. The molecule has 2 unspecified atom stereocenters. The molecule has 2 aliphatic heterocycles. The van der Waals surface area contributed by atoms with Crippen molar-refractivity contribution in [3.8, 4) is 0 Å². The van der Waals surface area contributed by atoms with E-state index in [0.29, 0.717) is 31.2 Å². The average Bonchev–Trinajstić information content (AvgIpc) is 2.94. The van der Waals surface area contributed by atoms with Crippen LogP contribution in [0.15, 0.2) is 24.3 Å². The lowest BCUT2D eigenvalue weighted by Crippen LogP contribution is -2.55. The minimum Gasteiger partial charge on any atom is -0.382 e. The second kappa shape index (κ2) is 8.36. The maximum Gasteiger partial charge on any atom is 0.322 e. The first-order valence-corrected chi connectivity index (χ1v) is 9.64. The highest BCUT2D eigenvalue weighted by Gasteiger charge is 2.48. The molecular formula is C19H25ClN4O4. The van der Waals surface area contributed by atoms with Gasteiger partial charge in [-0.25, -0.2) is 4.79 Å². The maximum absolute atomic E-state index is 12.9. The molecule has 2 atom stereocenters. The number of hydrogen-bond acceptors (Lipinski definition) is 5. The topological polar surface area (TPSA) is 91.0 Å². The standard InChI is InChI=1S/C19H25ClN4O4/c1-13(11-19(12-28-2)17(26)21-18(27)22-19)16(25)24-8-6-23(7-9-24)15-5-3-4-14(20)10-15/h3-5,10,13H,6-9,11-12H2,1-2H3,(H2,21,22,26,27). The number of nitrogens with zero attached hydrogens (tertiary/aromatic N) is 2. The largest absolute Gasteiger partial charge is 0.382 e. The fourth-order valence-corrected chi connectivity index (χ4v) is 4.04. The first-order chi connectivity index (χ1) is 13.3. The van der Waals surface area contributed by atoms with Crippen LogP contribution >= 0.6 is 11.6 Å². The van der Waals surface area contributed by atoms with E-state index < -0.39 is 23.4 Å². The van der Waals surface area contributed by atoms with E-state index in [1.165, 1.54) is 7.11 Å². The first-order valence-electron chi connectivity index (χ1n) is 9.26. The van der Waals surface area contributed by atoms with Crippen LogP contribution in [-0.2, 0) is 14.3 Å². The van der Waals surface area contributed by atoms with E-state index in [4.69, 9.17) is 16.3 Å². The molecule has 2 N–H and O–H groups in total. The molecule has 2 fully saturated rings. The maximum atomic E-state index is 12.9. The second-order valence-electron chi connectivity index (χ2n) is 7.32. The SMILES string of the molecule is COCC1(CC(C)C(=O)N2CCN(c3cccc(Cl)c3)CC2)NC(=O)NC1=O. The zero-order chi connectivity index (χ0) is 20.3. The quantitative estimate of drug-likeness (QED) is 0.691. The summed E-state index contributed by atoms with van der Waals surface area (Å²) in [7, 11) is 1.46. The highest BCUT2D eigenvalue weighted by molar-refractivity contribution is 6.30. The number of anilines is 1. The fraction of sp³-hybridized carbons (Fsp3) is 0.526. The van der Waals surface area contributed by atoms with Gasteiger partial charge >= 0.3 is 6.03 Å². The Balaban J connectivity index is 1.60. The molecule has 1 aromatic carbocycles. The number of hydrogen-bond donors (Lipinski definition) is 2. The van der Waals surface area contributed by atoms with Crippen molar-refractivity contribution in [2.45, 2.75) is 18.9 Å². The summed E-state index contributed by atoms with van der Waals surface area (Å²) in [5, 5.41) is 5.54. The lowest BCUT2D eigenvalue weighted by molar-refractivity contribution is -0.137. The smallest absolute Gasteiger partial charge is 0.322 e. The number of benzene rings is 1. The first kappa shape index (κ1) is 20.4. The van der Waals surface area contributed by atoms with E-state index in [-0.39, 0.29) is 18.9 Å². The van der Waals surface area contributed by atoms with Crippen molar-refractivity contribution in [3.63, 3.8) is 0 Å². The number of rotatable bonds is 6. The lowest BCUT2D eigenvalue weighted by atomic mass is 9.88. The lowest BCUT2D eigenvalue weighted by Gasteiger charge is -2.38. The Morgan fingerprint density at radius 1 is 1.29 bits per heavy atom. The number of methoxy groups -OCH3 is 1. The third-order valence-electron chi connectivity index (χ3n) is 5.25. The van der Waals surface area contributed by atoms with Gasteiger partial charge in [-0.2, -0.15) is 0 Å². The number of imide groups is 1. The van der Waals surface area contributed by atoms with Crippen molar-refractivity contribution in [1.29, 1.82) is 0 Å². The van der Waals surface area contributed by atoms with E-state index >= 15 is 0 Å². The van der Waals surface area contributed by atoms with Crippen LogP contribution in [0.5, 0.6) is 0 Å². The monoisotopic (exact) mass is 408 g/mol. The van der Waals surface area contributed by atoms with Gasteiger partial charge in [0.2, 0.25) is 5.91 Å². The van der Waals surface area contributed by atoms with Gasteiger partial charge in [0.15, 0.2) is 0 Å². The summed E-state index contributed by atoms with van der Waals surface area (Å²) in [6, 6.07) is 7.10. The number of piperazine rings is 1. The normalized spacial score (nSPS) is 23.4. The molecule has 152 valence electrons. The summed E-state index contributed by atoms with van der Waals surface area (Å²) in [5.74, 6) is -0.919. The summed E-state index contributed by atoms with van der Waals surface area (Å²) < 4.78 is 5.13. The van der Waals surface area contributed by atoms with E-state index in [2.05, 4.69) is 15.5 Å². The van der Waals surface area contributed by atoms with Gasteiger partial charge in [-0.1, -0.05) is 24.6 Å². The van der Waals surface area contributed by atoms with Gasteiger partial charge in [-0.15, -0.1) is 0 Å². The van der Waals surface area contributed by atoms with Crippen molar-refractivity contribution in [2.24, 2.45) is 5.92 Å². The van der Waals surface area contributed by atoms with Gasteiger partial charge in [0.1, 0.15) is 5.54 Å². The molecular weight excluding hydrogens is 384 g/mol. The van der Waals surface area contributed by atoms with Crippen molar-refractivity contribution in [2.75, 3.05) is 44.8 Å². The molecule has 3 rings (SSSR count). The van der Waals surface area contributed by atoms with E-state index in [1.807, 2.05) is 24.3 Å². The fourth-order valence-electron chi connectivity index (χ4n) is 3.86. The van der Waals surface area contributed by atoms with Gasteiger partial charge in [0.25, 0.3) is 5.91 Å². The van der Waals surface area contributed by atoms with Gasteiger partial charge < -0.3 is 19.9 Å². The molecule has 2 aliphatic rings. The van der Waals surface area contributed by atoms with Gasteiger partial charge in [0, 0.05) is 49.9 Å². The second-order valence-corrected chi connectivity index (χ2v) is 7.76. The van der Waals surface area contributed by atoms with Crippen LogP contribution in [0, 0.1) is 5.92 Å². The summed E-state index contributed by atoms with van der Waals surface area (Å²) in [5.41, 5.74) is -0.166. The minimum absolute atomic E-state index is 0.0186. The van der Waals surface area contributed by atoms with Gasteiger partial charge in [-0.3, -0.25) is 14.9 Å².